The van der Waals surface area contributed by atoms with Gasteiger partial charge in [0.15, 0.2) is 5.82 Å². The Balaban J connectivity index is 1.76. The second-order valence-electron chi connectivity index (χ2n) is 7.64. The fraction of sp³-hybridized carbons (Fsp3) is 0.545. The minimum atomic E-state index is -0.197. The van der Waals surface area contributed by atoms with Crippen LogP contribution < -0.4 is 5.32 Å². The number of nitrogens with zero attached hydrogens (tertiary/aromatic N) is 2. The van der Waals surface area contributed by atoms with Crippen molar-refractivity contribution in [2.24, 2.45) is 5.92 Å². The van der Waals surface area contributed by atoms with Crippen molar-refractivity contribution in [3.63, 3.8) is 0 Å². The van der Waals surface area contributed by atoms with Crippen molar-refractivity contribution in [3.8, 4) is 0 Å². The van der Waals surface area contributed by atoms with Gasteiger partial charge < -0.3 is 5.32 Å². The van der Waals surface area contributed by atoms with E-state index in [9.17, 15) is 4.79 Å². The summed E-state index contributed by atoms with van der Waals surface area (Å²) in [6, 6.07) is 7.92. The van der Waals surface area contributed by atoms with Crippen LogP contribution in [0.25, 0.3) is 0 Å². The van der Waals surface area contributed by atoms with E-state index in [1.54, 1.807) is 11.8 Å². The number of carbonyl (C=O) groups excluding carboxylic acids is 1. The van der Waals surface area contributed by atoms with E-state index in [4.69, 9.17) is 11.6 Å². The first kappa shape index (κ1) is 21.3. The highest BCUT2D eigenvalue weighted by atomic mass is 35.5. The van der Waals surface area contributed by atoms with Gasteiger partial charge in [-0.05, 0) is 42.7 Å². The Morgan fingerprint density at radius 1 is 1.36 bits per heavy atom. The molecule has 1 aliphatic rings. The van der Waals surface area contributed by atoms with Gasteiger partial charge in [-0.1, -0.05) is 56.7 Å². The summed E-state index contributed by atoms with van der Waals surface area (Å²) >= 11 is 8.06. The van der Waals surface area contributed by atoms with Crippen molar-refractivity contribution in [2.45, 2.75) is 69.2 Å². The number of aryl methyl sites for hydroxylation is 1. The molecular weight excluding hydrogens is 390 g/mol. The van der Waals surface area contributed by atoms with Gasteiger partial charge in [0.2, 0.25) is 5.91 Å². The van der Waals surface area contributed by atoms with E-state index in [1.807, 2.05) is 35.3 Å². The summed E-state index contributed by atoms with van der Waals surface area (Å²) in [5.74, 6) is 1.05. The quantitative estimate of drug-likeness (QED) is 0.481. The average molecular weight is 420 g/mol. The average Bonchev–Trinajstić information content (AvgIpc) is 3.36. The molecule has 0 radical (unpaired) electrons. The molecule has 1 atom stereocenters. The van der Waals surface area contributed by atoms with E-state index in [0.29, 0.717) is 11.7 Å². The Morgan fingerprint density at radius 2 is 2.14 bits per heavy atom. The Kier molecular flexibility index (Phi) is 7.86. The first-order valence-corrected chi connectivity index (χ1v) is 11.9. The summed E-state index contributed by atoms with van der Waals surface area (Å²) in [6.07, 6.45) is 12.0. The maximum absolute atomic E-state index is 13.2. The van der Waals surface area contributed by atoms with Crippen LogP contribution in [-0.2, 0) is 11.3 Å². The fourth-order valence-corrected chi connectivity index (χ4v) is 4.84. The molecule has 1 aromatic carbocycles. The molecule has 0 spiro atoms. The zero-order valence-corrected chi connectivity index (χ0v) is 18.4. The third-order valence-corrected chi connectivity index (χ3v) is 6.79. The molecule has 4 nitrogen and oxygen atoms in total. The molecule has 0 bridgehead atoms. The van der Waals surface area contributed by atoms with E-state index in [1.165, 1.54) is 25.7 Å². The van der Waals surface area contributed by atoms with Gasteiger partial charge in [0.05, 0.1) is 10.9 Å². The van der Waals surface area contributed by atoms with Crippen LogP contribution >= 0.6 is 23.4 Å². The van der Waals surface area contributed by atoms with Crippen molar-refractivity contribution in [3.05, 3.63) is 41.0 Å². The molecule has 1 saturated carbocycles. The number of hydrogen-bond acceptors (Lipinski definition) is 3. The summed E-state index contributed by atoms with van der Waals surface area (Å²) < 4.78 is 1.90. The van der Waals surface area contributed by atoms with Crippen LogP contribution in [0.5, 0.6) is 0 Å². The number of carbonyl (C=O) groups is 1. The molecular formula is C22H30ClN3OS. The van der Waals surface area contributed by atoms with Crippen LogP contribution in [0.2, 0.25) is 5.02 Å². The van der Waals surface area contributed by atoms with Gasteiger partial charge in [-0.2, -0.15) is 5.10 Å². The number of amides is 1. The number of hydrogen-bond donors (Lipinski definition) is 1. The molecule has 1 fully saturated rings. The van der Waals surface area contributed by atoms with Gasteiger partial charge in [-0.3, -0.25) is 9.48 Å². The number of benzene rings is 1. The van der Waals surface area contributed by atoms with Crippen LogP contribution in [-0.4, -0.2) is 21.9 Å². The van der Waals surface area contributed by atoms with E-state index >= 15 is 0 Å². The summed E-state index contributed by atoms with van der Waals surface area (Å²) in [5.41, 5.74) is 0.998. The molecule has 1 aromatic heterocycles. The molecule has 1 unspecified atom stereocenters. The Morgan fingerprint density at radius 3 is 2.82 bits per heavy atom. The number of anilines is 1. The lowest BCUT2D eigenvalue weighted by atomic mass is 9.87. The molecule has 6 heteroatoms. The van der Waals surface area contributed by atoms with E-state index < -0.39 is 0 Å². The molecule has 2 aromatic rings. The largest absolute Gasteiger partial charge is 0.309 e. The maximum Gasteiger partial charge on any atom is 0.233 e. The predicted molar refractivity (Wildman–Crippen MR) is 118 cm³/mol. The van der Waals surface area contributed by atoms with E-state index in [0.717, 1.165) is 41.3 Å². The molecule has 1 heterocycles. The smallest absolute Gasteiger partial charge is 0.233 e. The van der Waals surface area contributed by atoms with Crippen LogP contribution in [0.3, 0.4) is 0 Å². The van der Waals surface area contributed by atoms with E-state index in [-0.39, 0.29) is 11.8 Å². The van der Waals surface area contributed by atoms with Crippen LogP contribution in [0, 0.1) is 5.92 Å². The van der Waals surface area contributed by atoms with Crippen molar-refractivity contribution in [1.82, 2.24) is 9.78 Å². The van der Waals surface area contributed by atoms with Gasteiger partial charge in [0.25, 0.3) is 0 Å². The van der Waals surface area contributed by atoms with Gasteiger partial charge in [-0.25, -0.2) is 0 Å². The third kappa shape index (κ3) is 5.54. The standard InChI is InChI=1S/C22H30ClN3OS/c1-3-4-12-26-13-11-21(25-26)24-22(27)18(14-16-7-5-6-8-16)17-9-10-20(28-2)19(23)15-17/h9-11,13,15-16,18H,3-8,12,14H2,1-2H3,(H,24,25,27). The highest BCUT2D eigenvalue weighted by molar-refractivity contribution is 7.98. The number of thioether (sulfide) groups is 1. The lowest BCUT2D eigenvalue weighted by Crippen LogP contribution is -2.23. The molecule has 3 rings (SSSR count). The van der Waals surface area contributed by atoms with Crippen molar-refractivity contribution >= 4 is 35.1 Å². The summed E-state index contributed by atoms with van der Waals surface area (Å²) in [4.78, 5) is 14.2. The minimum Gasteiger partial charge on any atom is -0.309 e. The first-order valence-electron chi connectivity index (χ1n) is 10.3. The monoisotopic (exact) mass is 419 g/mol. The molecule has 1 amide bonds. The Hall–Kier alpha value is -1.46. The number of halogens is 1. The molecule has 1 N–H and O–H groups in total. The lowest BCUT2D eigenvalue weighted by molar-refractivity contribution is -0.118. The van der Waals surface area contributed by atoms with Gasteiger partial charge in [0.1, 0.15) is 0 Å². The maximum atomic E-state index is 13.2. The fourth-order valence-electron chi connectivity index (χ4n) is 3.96. The normalized spacial score (nSPS) is 15.7. The van der Waals surface area contributed by atoms with Crippen molar-refractivity contribution in [2.75, 3.05) is 11.6 Å². The van der Waals surface area contributed by atoms with Gasteiger partial charge in [-0.15, -0.1) is 11.8 Å². The first-order chi connectivity index (χ1) is 13.6. The Labute approximate surface area is 177 Å². The number of rotatable bonds is 9. The topological polar surface area (TPSA) is 46.9 Å². The zero-order valence-electron chi connectivity index (χ0n) is 16.8. The molecule has 0 aliphatic heterocycles. The van der Waals surface area contributed by atoms with Crippen molar-refractivity contribution < 1.29 is 4.79 Å². The second kappa shape index (κ2) is 10.4. The third-order valence-electron chi connectivity index (χ3n) is 5.57. The number of nitrogens with one attached hydrogen (secondary N) is 1. The van der Waals surface area contributed by atoms with Crippen LogP contribution in [0.1, 0.15) is 63.4 Å². The predicted octanol–water partition coefficient (Wildman–Crippen LogP) is 6.36. The number of unbranched alkanes of at least 4 members (excludes halogenated alkanes) is 1. The number of aromatic nitrogens is 2. The van der Waals surface area contributed by atoms with Crippen LogP contribution in [0.15, 0.2) is 35.4 Å². The minimum absolute atomic E-state index is 0.0145. The van der Waals surface area contributed by atoms with Gasteiger partial charge >= 0.3 is 0 Å². The zero-order chi connectivity index (χ0) is 19.9. The van der Waals surface area contributed by atoms with E-state index in [2.05, 4.69) is 23.4 Å². The molecule has 28 heavy (non-hydrogen) atoms. The summed E-state index contributed by atoms with van der Waals surface area (Å²) in [7, 11) is 0. The van der Waals surface area contributed by atoms with Crippen LogP contribution in [0.4, 0.5) is 5.82 Å². The molecule has 0 saturated heterocycles. The van der Waals surface area contributed by atoms with Crippen molar-refractivity contribution in [1.29, 1.82) is 0 Å². The lowest BCUT2D eigenvalue weighted by Gasteiger charge is -2.21. The second-order valence-corrected chi connectivity index (χ2v) is 8.89. The summed E-state index contributed by atoms with van der Waals surface area (Å²) in [5, 5.41) is 8.26. The Bertz CT molecular complexity index is 786. The van der Waals surface area contributed by atoms with Gasteiger partial charge in [0, 0.05) is 23.7 Å². The summed E-state index contributed by atoms with van der Waals surface area (Å²) in [6.45, 7) is 3.04. The SMILES string of the molecule is CCCCn1ccc(NC(=O)C(CC2CCCC2)c2ccc(SC)c(Cl)c2)n1. The highest BCUT2D eigenvalue weighted by Gasteiger charge is 2.27. The molecule has 1 aliphatic carbocycles. The molecule has 152 valence electrons. The highest BCUT2D eigenvalue weighted by Crippen LogP contribution is 2.37.